The van der Waals surface area contributed by atoms with Crippen LogP contribution in [-0.4, -0.2) is 40.6 Å². The number of hydrogen-bond acceptors (Lipinski definition) is 4. The third kappa shape index (κ3) is 2.07. The maximum absolute atomic E-state index is 11.6. The predicted molar refractivity (Wildman–Crippen MR) is 73.7 cm³/mol. The van der Waals surface area contributed by atoms with E-state index in [2.05, 4.69) is 4.98 Å². The van der Waals surface area contributed by atoms with Crippen molar-refractivity contribution >= 4 is 26.8 Å². The fourth-order valence-electron chi connectivity index (χ4n) is 2.79. The number of hydrogen-bond donors (Lipinski definition) is 1. The molecule has 1 aliphatic rings. The van der Waals surface area contributed by atoms with Gasteiger partial charge in [0.25, 0.3) is 0 Å². The number of aromatic carboxylic acids is 1. The van der Waals surface area contributed by atoms with Gasteiger partial charge in [-0.25, -0.2) is 18.2 Å². The molecule has 6 nitrogen and oxygen atoms in total. The van der Waals surface area contributed by atoms with Crippen molar-refractivity contribution in [3.63, 3.8) is 0 Å². The van der Waals surface area contributed by atoms with Crippen molar-refractivity contribution in [1.29, 1.82) is 0 Å². The molecule has 1 aliphatic heterocycles. The topological polar surface area (TPSA) is 89.3 Å². The molecule has 0 aliphatic carbocycles. The molecule has 2 heterocycles. The Kier molecular flexibility index (Phi) is 2.82. The number of nitrogens with zero attached hydrogens (tertiary/aromatic N) is 2. The van der Waals surface area contributed by atoms with E-state index in [0.717, 1.165) is 5.52 Å². The lowest BCUT2D eigenvalue weighted by Crippen LogP contribution is -2.12. The Morgan fingerprint density at radius 2 is 2.20 bits per heavy atom. The van der Waals surface area contributed by atoms with Crippen LogP contribution in [0.5, 0.6) is 0 Å². The molecule has 1 N–H and O–H groups in total. The van der Waals surface area contributed by atoms with Gasteiger partial charge in [-0.05, 0) is 31.5 Å². The first-order chi connectivity index (χ1) is 9.37. The number of imidazole rings is 1. The van der Waals surface area contributed by atoms with E-state index in [0.29, 0.717) is 17.8 Å². The van der Waals surface area contributed by atoms with Crippen LogP contribution in [0.2, 0.25) is 0 Å². The molecular weight excluding hydrogens is 280 g/mol. The van der Waals surface area contributed by atoms with E-state index in [-0.39, 0.29) is 23.1 Å². The molecule has 3 rings (SSSR count). The summed E-state index contributed by atoms with van der Waals surface area (Å²) < 4.78 is 25.1. The lowest BCUT2D eigenvalue weighted by molar-refractivity contribution is 0.0697. The number of sulfone groups is 1. The molecule has 1 atom stereocenters. The molecule has 0 radical (unpaired) electrons. The highest BCUT2D eigenvalue weighted by atomic mass is 32.2. The SMILES string of the molecule is Cc1nc2cc(C(=O)O)ccc2n1[C@H]1CCS(=O)(=O)C1. The molecular formula is C13H14N2O4S. The summed E-state index contributed by atoms with van der Waals surface area (Å²) in [6, 6.07) is 4.63. The summed E-state index contributed by atoms with van der Waals surface area (Å²) in [7, 11) is -2.97. The third-order valence-corrected chi connectivity index (χ3v) is 5.44. The van der Waals surface area contributed by atoms with Crippen molar-refractivity contribution in [2.75, 3.05) is 11.5 Å². The molecule has 0 amide bonds. The van der Waals surface area contributed by atoms with Gasteiger partial charge in [-0.1, -0.05) is 0 Å². The number of carboxylic acids is 1. The molecule has 2 aromatic rings. The van der Waals surface area contributed by atoms with Crippen LogP contribution in [0.15, 0.2) is 18.2 Å². The summed E-state index contributed by atoms with van der Waals surface area (Å²) >= 11 is 0. The van der Waals surface area contributed by atoms with Gasteiger partial charge in [0.2, 0.25) is 0 Å². The van der Waals surface area contributed by atoms with Gasteiger partial charge in [0, 0.05) is 0 Å². The summed E-state index contributed by atoms with van der Waals surface area (Å²) in [6.45, 7) is 1.81. The Hall–Kier alpha value is -1.89. The summed E-state index contributed by atoms with van der Waals surface area (Å²) in [4.78, 5) is 15.3. The Morgan fingerprint density at radius 3 is 2.80 bits per heavy atom. The number of benzene rings is 1. The summed E-state index contributed by atoms with van der Waals surface area (Å²) in [6.07, 6.45) is 0.579. The van der Waals surface area contributed by atoms with Gasteiger partial charge in [-0.2, -0.15) is 0 Å². The molecule has 20 heavy (non-hydrogen) atoms. The lowest BCUT2D eigenvalue weighted by atomic mass is 10.2. The van der Waals surface area contributed by atoms with Crippen LogP contribution in [0.3, 0.4) is 0 Å². The maximum atomic E-state index is 11.6. The van der Waals surface area contributed by atoms with Gasteiger partial charge in [0.05, 0.1) is 34.1 Å². The minimum absolute atomic E-state index is 0.110. The number of aromatic nitrogens is 2. The molecule has 0 saturated carbocycles. The highest BCUT2D eigenvalue weighted by Gasteiger charge is 2.31. The highest BCUT2D eigenvalue weighted by Crippen LogP contribution is 2.29. The average molecular weight is 294 g/mol. The zero-order valence-electron chi connectivity index (χ0n) is 10.9. The van der Waals surface area contributed by atoms with Crippen molar-refractivity contribution in [2.24, 2.45) is 0 Å². The van der Waals surface area contributed by atoms with Gasteiger partial charge in [-0.3, -0.25) is 0 Å². The smallest absolute Gasteiger partial charge is 0.335 e. The fourth-order valence-corrected chi connectivity index (χ4v) is 4.49. The van der Waals surface area contributed by atoms with Crippen LogP contribution in [0.25, 0.3) is 11.0 Å². The van der Waals surface area contributed by atoms with Crippen molar-refractivity contribution in [2.45, 2.75) is 19.4 Å². The first kappa shape index (κ1) is 13.1. The number of aryl methyl sites for hydroxylation is 1. The molecule has 7 heteroatoms. The zero-order chi connectivity index (χ0) is 14.5. The Balaban J connectivity index is 2.12. The molecule has 0 spiro atoms. The van der Waals surface area contributed by atoms with Crippen LogP contribution in [0.1, 0.15) is 28.6 Å². The maximum Gasteiger partial charge on any atom is 0.335 e. The van der Waals surface area contributed by atoms with Crippen LogP contribution in [-0.2, 0) is 9.84 Å². The molecule has 1 aromatic carbocycles. The van der Waals surface area contributed by atoms with Crippen LogP contribution in [0, 0.1) is 6.92 Å². The van der Waals surface area contributed by atoms with Gasteiger partial charge < -0.3 is 9.67 Å². The molecule has 106 valence electrons. The van der Waals surface area contributed by atoms with Gasteiger partial charge in [0.1, 0.15) is 5.82 Å². The monoisotopic (exact) mass is 294 g/mol. The molecule has 0 unspecified atom stereocenters. The molecule has 1 aromatic heterocycles. The van der Waals surface area contributed by atoms with Gasteiger partial charge >= 0.3 is 5.97 Å². The van der Waals surface area contributed by atoms with Crippen molar-refractivity contribution in [3.8, 4) is 0 Å². The number of rotatable bonds is 2. The Bertz CT molecular complexity index is 807. The Labute approximate surface area is 116 Å². The molecule has 1 saturated heterocycles. The number of carbonyl (C=O) groups is 1. The summed E-state index contributed by atoms with van der Waals surface area (Å²) in [5.74, 6) is 0.0384. The van der Waals surface area contributed by atoms with E-state index in [4.69, 9.17) is 5.11 Å². The van der Waals surface area contributed by atoms with E-state index in [9.17, 15) is 13.2 Å². The van der Waals surface area contributed by atoms with E-state index < -0.39 is 15.8 Å². The highest BCUT2D eigenvalue weighted by molar-refractivity contribution is 7.91. The number of carboxylic acid groups (broad SMARTS) is 1. The van der Waals surface area contributed by atoms with Crippen molar-refractivity contribution in [1.82, 2.24) is 9.55 Å². The lowest BCUT2D eigenvalue weighted by Gasteiger charge is -2.13. The predicted octanol–water partition coefficient (Wildman–Crippen LogP) is 1.40. The Morgan fingerprint density at radius 1 is 1.45 bits per heavy atom. The van der Waals surface area contributed by atoms with E-state index in [1.807, 2.05) is 11.5 Å². The second-order valence-electron chi connectivity index (χ2n) is 5.09. The van der Waals surface area contributed by atoms with Gasteiger partial charge in [-0.15, -0.1) is 0 Å². The van der Waals surface area contributed by atoms with Gasteiger partial charge in [0.15, 0.2) is 9.84 Å². The van der Waals surface area contributed by atoms with Crippen LogP contribution >= 0.6 is 0 Å². The minimum Gasteiger partial charge on any atom is -0.478 e. The van der Waals surface area contributed by atoms with E-state index in [1.165, 1.54) is 12.1 Å². The average Bonchev–Trinajstić information content (AvgIpc) is 2.86. The zero-order valence-corrected chi connectivity index (χ0v) is 11.7. The van der Waals surface area contributed by atoms with E-state index >= 15 is 0 Å². The normalized spacial score (nSPS) is 21.4. The first-order valence-corrected chi connectivity index (χ1v) is 8.12. The van der Waals surface area contributed by atoms with Crippen LogP contribution in [0.4, 0.5) is 0 Å². The summed E-state index contributed by atoms with van der Waals surface area (Å²) in [5, 5.41) is 8.99. The standard InChI is InChI=1S/C13H14N2O4S/c1-8-14-11-6-9(13(16)17)2-3-12(11)15(8)10-4-5-20(18,19)7-10/h2-3,6,10H,4-5,7H2,1H3,(H,16,17)/t10-/m0/s1. The second-order valence-corrected chi connectivity index (χ2v) is 7.32. The minimum atomic E-state index is -2.97. The quantitative estimate of drug-likeness (QED) is 0.904. The first-order valence-electron chi connectivity index (χ1n) is 6.30. The van der Waals surface area contributed by atoms with Crippen LogP contribution < -0.4 is 0 Å². The molecule has 1 fully saturated rings. The van der Waals surface area contributed by atoms with Crippen molar-refractivity contribution in [3.05, 3.63) is 29.6 Å². The van der Waals surface area contributed by atoms with E-state index in [1.54, 1.807) is 6.07 Å². The largest absolute Gasteiger partial charge is 0.478 e. The second kappa shape index (κ2) is 4.31. The molecule has 0 bridgehead atoms. The number of fused-ring (bicyclic) bond motifs is 1. The summed E-state index contributed by atoms with van der Waals surface area (Å²) in [5.41, 5.74) is 1.56. The van der Waals surface area contributed by atoms with Crippen molar-refractivity contribution < 1.29 is 18.3 Å². The third-order valence-electron chi connectivity index (χ3n) is 3.69. The fraction of sp³-hybridized carbons (Fsp3) is 0.385.